The minimum absolute atomic E-state index is 0.165. The molecule has 158 valence electrons. The topological polar surface area (TPSA) is 43.0 Å². The lowest BCUT2D eigenvalue weighted by Crippen LogP contribution is -2.30. The van der Waals surface area contributed by atoms with Gasteiger partial charge in [-0.2, -0.15) is 0 Å². The Morgan fingerprint density at radius 2 is 1.86 bits per heavy atom. The Hall–Kier alpha value is -1.28. The third-order valence-electron chi connectivity index (χ3n) is 4.85. The first kappa shape index (κ1) is 22.4. The molecule has 1 unspecified atom stereocenters. The van der Waals surface area contributed by atoms with E-state index in [1.807, 2.05) is 30.3 Å². The lowest BCUT2D eigenvalue weighted by Gasteiger charge is -2.21. The summed E-state index contributed by atoms with van der Waals surface area (Å²) >= 11 is 11.4. The molecule has 0 radical (unpaired) electrons. The van der Waals surface area contributed by atoms with Crippen molar-refractivity contribution in [3.05, 3.63) is 39.8 Å². The zero-order valence-electron chi connectivity index (χ0n) is 17.0. The molecule has 0 saturated carbocycles. The Morgan fingerprint density at radius 1 is 1.14 bits per heavy atom. The summed E-state index contributed by atoms with van der Waals surface area (Å²) in [6.45, 7) is 6.41. The molecule has 1 atom stereocenters. The molecule has 5 nitrogen and oxygen atoms in total. The van der Waals surface area contributed by atoms with Crippen LogP contribution in [0.4, 0.5) is 5.69 Å². The molecular formula is C21H26BrClN2O3S. The second-order valence-electron chi connectivity index (χ2n) is 7.10. The SMILES string of the molecule is COc1cc(Br)c(SNc2ccc(Cl)c(OC3CCN(C(C)C)C3)c2)cc1OC. The van der Waals surface area contributed by atoms with Gasteiger partial charge in [0.25, 0.3) is 0 Å². The van der Waals surface area contributed by atoms with Crippen LogP contribution in [0.2, 0.25) is 5.02 Å². The average molecular weight is 502 g/mol. The Balaban J connectivity index is 1.67. The number of hydrogen-bond acceptors (Lipinski definition) is 6. The van der Waals surface area contributed by atoms with Crippen molar-refractivity contribution >= 4 is 45.2 Å². The van der Waals surface area contributed by atoms with E-state index in [0.717, 1.165) is 34.6 Å². The first-order chi connectivity index (χ1) is 13.9. The maximum Gasteiger partial charge on any atom is 0.161 e. The lowest BCUT2D eigenvalue weighted by molar-refractivity contribution is 0.187. The third kappa shape index (κ3) is 5.66. The molecule has 2 aromatic carbocycles. The molecule has 0 spiro atoms. The van der Waals surface area contributed by atoms with Gasteiger partial charge in [0.05, 0.1) is 19.2 Å². The molecule has 1 heterocycles. The van der Waals surface area contributed by atoms with Gasteiger partial charge in [0, 0.05) is 46.3 Å². The normalized spacial score (nSPS) is 16.9. The van der Waals surface area contributed by atoms with Gasteiger partial charge in [0.1, 0.15) is 11.9 Å². The molecular weight excluding hydrogens is 476 g/mol. The number of rotatable bonds is 8. The quantitative estimate of drug-likeness (QED) is 0.441. The van der Waals surface area contributed by atoms with Crippen molar-refractivity contribution in [2.75, 3.05) is 32.0 Å². The van der Waals surface area contributed by atoms with Crippen molar-refractivity contribution in [3.63, 3.8) is 0 Å². The highest BCUT2D eigenvalue weighted by Crippen LogP contribution is 2.39. The van der Waals surface area contributed by atoms with Crippen LogP contribution >= 0.6 is 39.5 Å². The zero-order chi connectivity index (χ0) is 21.0. The largest absolute Gasteiger partial charge is 0.493 e. The molecule has 0 bridgehead atoms. The Labute approximate surface area is 190 Å². The number of anilines is 1. The smallest absolute Gasteiger partial charge is 0.161 e. The van der Waals surface area contributed by atoms with Crippen LogP contribution in [0.1, 0.15) is 20.3 Å². The Kier molecular flexibility index (Phi) is 7.85. The van der Waals surface area contributed by atoms with E-state index in [0.29, 0.717) is 28.3 Å². The van der Waals surface area contributed by atoms with E-state index in [-0.39, 0.29) is 6.10 Å². The van der Waals surface area contributed by atoms with Crippen LogP contribution in [0.3, 0.4) is 0 Å². The fourth-order valence-electron chi connectivity index (χ4n) is 3.18. The van der Waals surface area contributed by atoms with Gasteiger partial charge in [0.15, 0.2) is 11.5 Å². The van der Waals surface area contributed by atoms with E-state index in [1.165, 1.54) is 11.9 Å². The molecule has 0 aromatic heterocycles. The highest BCUT2D eigenvalue weighted by atomic mass is 79.9. The van der Waals surface area contributed by atoms with Gasteiger partial charge in [-0.05, 0) is 66.3 Å². The van der Waals surface area contributed by atoms with Gasteiger partial charge in [-0.15, -0.1) is 0 Å². The summed E-state index contributed by atoms with van der Waals surface area (Å²) in [6, 6.07) is 10.1. The monoisotopic (exact) mass is 500 g/mol. The molecule has 3 rings (SSSR count). The molecule has 1 aliphatic rings. The first-order valence-corrected chi connectivity index (χ1v) is 11.4. The summed E-state index contributed by atoms with van der Waals surface area (Å²) in [6.07, 6.45) is 1.18. The van der Waals surface area contributed by atoms with Gasteiger partial charge in [-0.1, -0.05) is 11.6 Å². The zero-order valence-corrected chi connectivity index (χ0v) is 20.2. The fraction of sp³-hybridized carbons (Fsp3) is 0.429. The molecule has 1 fully saturated rings. The highest BCUT2D eigenvalue weighted by molar-refractivity contribution is 9.10. The number of nitrogens with one attached hydrogen (secondary N) is 1. The molecule has 8 heteroatoms. The van der Waals surface area contributed by atoms with Crippen LogP contribution in [0.15, 0.2) is 39.7 Å². The second-order valence-corrected chi connectivity index (χ2v) is 9.21. The van der Waals surface area contributed by atoms with Gasteiger partial charge in [-0.25, -0.2) is 0 Å². The standard InChI is InChI=1S/C21H26BrClN2O3S/c1-13(2)25-8-7-15(12-25)28-18-9-14(5-6-17(18)23)24-29-21-11-20(27-4)19(26-3)10-16(21)22/h5-6,9-11,13,15,24H,7-8,12H2,1-4H3. The minimum Gasteiger partial charge on any atom is -0.493 e. The van der Waals surface area contributed by atoms with Crippen molar-refractivity contribution in [3.8, 4) is 17.2 Å². The second kappa shape index (κ2) is 10.2. The summed E-state index contributed by atoms with van der Waals surface area (Å²) < 4.78 is 21.2. The fourth-order valence-corrected chi connectivity index (χ4v) is 4.59. The number of nitrogens with zero attached hydrogens (tertiary/aromatic N) is 1. The molecule has 1 N–H and O–H groups in total. The van der Waals surface area contributed by atoms with E-state index in [9.17, 15) is 0 Å². The van der Waals surface area contributed by atoms with Crippen LogP contribution in [0.5, 0.6) is 17.2 Å². The van der Waals surface area contributed by atoms with E-state index < -0.39 is 0 Å². The van der Waals surface area contributed by atoms with Crippen LogP contribution in [0.25, 0.3) is 0 Å². The predicted molar refractivity (Wildman–Crippen MR) is 124 cm³/mol. The van der Waals surface area contributed by atoms with Gasteiger partial charge in [0.2, 0.25) is 0 Å². The van der Waals surface area contributed by atoms with E-state index >= 15 is 0 Å². The van der Waals surface area contributed by atoms with Crippen molar-refractivity contribution in [1.82, 2.24) is 4.90 Å². The molecule has 1 aliphatic heterocycles. The highest BCUT2D eigenvalue weighted by Gasteiger charge is 2.26. The molecule has 0 aliphatic carbocycles. The number of likely N-dealkylation sites (tertiary alicyclic amines) is 1. The maximum atomic E-state index is 6.38. The van der Waals surface area contributed by atoms with Gasteiger partial charge >= 0.3 is 0 Å². The van der Waals surface area contributed by atoms with Crippen LogP contribution in [-0.4, -0.2) is 44.4 Å². The molecule has 1 saturated heterocycles. The third-order valence-corrected chi connectivity index (χ3v) is 6.97. The van der Waals surface area contributed by atoms with Crippen LogP contribution < -0.4 is 18.9 Å². The Morgan fingerprint density at radius 3 is 2.52 bits per heavy atom. The summed E-state index contributed by atoms with van der Waals surface area (Å²) in [4.78, 5) is 3.40. The van der Waals surface area contributed by atoms with E-state index in [4.69, 9.17) is 25.8 Å². The van der Waals surface area contributed by atoms with Crippen LogP contribution in [0, 0.1) is 0 Å². The number of ether oxygens (including phenoxy) is 3. The van der Waals surface area contributed by atoms with E-state index in [2.05, 4.69) is 39.4 Å². The predicted octanol–water partition coefficient (Wildman–Crippen LogP) is 6.10. The molecule has 2 aromatic rings. The summed E-state index contributed by atoms with van der Waals surface area (Å²) in [5.41, 5.74) is 0.912. The van der Waals surface area contributed by atoms with Crippen LogP contribution in [-0.2, 0) is 0 Å². The maximum absolute atomic E-state index is 6.38. The van der Waals surface area contributed by atoms with E-state index in [1.54, 1.807) is 14.2 Å². The Bertz CT molecular complexity index is 853. The number of halogens is 2. The van der Waals surface area contributed by atoms with Crippen molar-refractivity contribution in [2.45, 2.75) is 37.3 Å². The summed E-state index contributed by atoms with van der Waals surface area (Å²) in [5, 5.41) is 0.621. The first-order valence-electron chi connectivity index (χ1n) is 9.46. The number of methoxy groups -OCH3 is 2. The lowest BCUT2D eigenvalue weighted by atomic mass is 10.3. The summed E-state index contributed by atoms with van der Waals surface area (Å²) in [5.74, 6) is 2.06. The minimum atomic E-state index is 0.165. The van der Waals surface area contributed by atoms with Crippen molar-refractivity contribution in [2.24, 2.45) is 0 Å². The van der Waals surface area contributed by atoms with Gasteiger partial charge in [-0.3, -0.25) is 4.90 Å². The van der Waals surface area contributed by atoms with Gasteiger partial charge < -0.3 is 18.9 Å². The number of benzene rings is 2. The average Bonchev–Trinajstić information content (AvgIpc) is 3.18. The summed E-state index contributed by atoms with van der Waals surface area (Å²) in [7, 11) is 3.25. The molecule has 29 heavy (non-hydrogen) atoms. The van der Waals surface area contributed by atoms with Crippen molar-refractivity contribution in [1.29, 1.82) is 0 Å². The molecule has 0 amide bonds. The number of hydrogen-bond donors (Lipinski definition) is 1. The van der Waals surface area contributed by atoms with Crippen molar-refractivity contribution < 1.29 is 14.2 Å².